The molecule has 4 nitrogen and oxygen atoms in total. The lowest BCUT2D eigenvalue weighted by Crippen LogP contribution is -2.47. The van der Waals surface area contributed by atoms with E-state index in [0.29, 0.717) is 5.69 Å². The Balaban J connectivity index is 2.26. The number of rotatable bonds is 2. The Morgan fingerprint density at radius 3 is 3.12 bits per heavy atom. The first-order chi connectivity index (χ1) is 8.18. The molecule has 0 aromatic carbocycles. The van der Waals surface area contributed by atoms with E-state index in [-0.39, 0.29) is 5.60 Å². The Kier molecular flexibility index (Phi) is 3.30. The molecule has 0 N–H and O–H groups in total. The number of hydrogen-bond donors (Lipinski definition) is 0. The number of ether oxygens (including phenoxy) is 1. The number of pyridine rings is 1. The molecule has 2 rings (SSSR count). The number of nitriles is 1. The predicted octanol–water partition coefficient (Wildman–Crippen LogP) is 1.96. The van der Waals surface area contributed by atoms with Crippen LogP contribution in [0.4, 0.5) is 5.69 Å². The van der Waals surface area contributed by atoms with Crippen molar-refractivity contribution in [3.8, 4) is 6.07 Å². The summed E-state index contributed by atoms with van der Waals surface area (Å²) in [7, 11) is 1.75. The molecule has 4 heteroatoms. The van der Waals surface area contributed by atoms with Crippen molar-refractivity contribution in [3.63, 3.8) is 0 Å². The molecular weight excluding hydrogens is 214 g/mol. The summed E-state index contributed by atoms with van der Waals surface area (Å²) in [6.45, 7) is 3.88. The van der Waals surface area contributed by atoms with Crippen molar-refractivity contribution in [2.24, 2.45) is 0 Å². The highest BCUT2D eigenvalue weighted by atomic mass is 16.5. The van der Waals surface area contributed by atoms with Gasteiger partial charge in [-0.15, -0.1) is 0 Å². The van der Waals surface area contributed by atoms with Gasteiger partial charge in [0.05, 0.1) is 11.3 Å². The number of anilines is 1. The Bertz CT molecular complexity index is 441. The minimum atomic E-state index is -0.124. The molecular formula is C13H17N3O. The zero-order chi connectivity index (χ0) is 12.3. The van der Waals surface area contributed by atoms with E-state index in [4.69, 9.17) is 10.00 Å². The van der Waals surface area contributed by atoms with Crippen molar-refractivity contribution in [2.45, 2.75) is 25.4 Å². The predicted molar refractivity (Wildman–Crippen MR) is 65.8 cm³/mol. The Morgan fingerprint density at radius 1 is 1.59 bits per heavy atom. The van der Waals surface area contributed by atoms with Gasteiger partial charge in [0.25, 0.3) is 0 Å². The Hall–Kier alpha value is -1.60. The van der Waals surface area contributed by atoms with Crippen LogP contribution in [0.3, 0.4) is 0 Å². The molecule has 1 aliphatic rings. The second kappa shape index (κ2) is 4.72. The lowest BCUT2D eigenvalue weighted by Gasteiger charge is -2.40. The molecule has 1 aromatic heterocycles. The van der Waals surface area contributed by atoms with E-state index in [2.05, 4.69) is 22.9 Å². The van der Waals surface area contributed by atoms with E-state index >= 15 is 0 Å². The fourth-order valence-corrected chi connectivity index (χ4v) is 2.32. The van der Waals surface area contributed by atoms with Gasteiger partial charge in [-0.25, -0.2) is 4.98 Å². The van der Waals surface area contributed by atoms with Crippen LogP contribution < -0.4 is 4.90 Å². The third-order valence-electron chi connectivity index (χ3n) is 3.38. The summed E-state index contributed by atoms with van der Waals surface area (Å²) in [6, 6.07) is 5.97. The molecule has 1 fully saturated rings. The van der Waals surface area contributed by atoms with Gasteiger partial charge < -0.3 is 9.64 Å². The normalized spacial score (nSPS) is 24.4. The van der Waals surface area contributed by atoms with Crippen molar-refractivity contribution in [1.29, 1.82) is 5.26 Å². The van der Waals surface area contributed by atoms with E-state index in [1.165, 1.54) is 0 Å². The number of hydrogen-bond acceptors (Lipinski definition) is 4. The molecule has 1 atom stereocenters. The summed E-state index contributed by atoms with van der Waals surface area (Å²) in [6.07, 6.45) is 3.79. The highest BCUT2D eigenvalue weighted by Crippen LogP contribution is 2.28. The molecule has 0 bridgehead atoms. The zero-order valence-electron chi connectivity index (χ0n) is 10.3. The first-order valence-corrected chi connectivity index (χ1v) is 5.84. The number of methoxy groups -OCH3 is 1. The molecule has 0 spiro atoms. The molecule has 90 valence electrons. The van der Waals surface area contributed by atoms with E-state index in [1.54, 1.807) is 13.3 Å². The third kappa shape index (κ3) is 2.40. The highest BCUT2D eigenvalue weighted by molar-refractivity contribution is 5.56. The topological polar surface area (TPSA) is 49.1 Å². The van der Waals surface area contributed by atoms with Gasteiger partial charge in [-0.1, -0.05) is 0 Å². The first kappa shape index (κ1) is 11.9. The van der Waals surface area contributed by atoms with E-state index in [0.717, 1.165) is 31.6 Å². The highest BCUT2D eigenvalue weighted by Gasteiger charge is 2.31. The van der Waals surface area contributed by atoms with Gasteiger partial charge in [0, 0.05) is 26.4 Å². The van der Waals surface area contributed by atoms with Crippen LogP contribution in [0.1, 0.15) is 25.5 Å². The summed E-state index contributed by atoms with van der Waals surface area (Å²) < 4.78 is 5.56. The Labute approximate surface area is 102 Å². The quantitative estimate of drug-likeness (QED) is 0.780. The van der Waals surface area contributed by atoms with Crippen LogP contribution in [0.15, 0.2) is 18.3 Å². The summed E-state index contributed by atoms with van der Waals surface area (Å²) in [5.74, 6) is 0. The lowest BCUT2D eigenvalue weighted by atomic mass is 9.94. The van der Waals surface area contributed by atoms with Crippen LogP contribution in [0.5, 0.6) is 0 Å². The van der Waals surface area contributed by atoms with Crippen LogP contribution >= 0.6 is 0 Å². The third-order valence-corrected chi connectivity index (χ3v) is 3.38. The summed E-state index contributed by atoms with van der Waals surface area (Å²) in [5, 5.41) is 9.07. The van der Waals surface area contributed by atoms with Crippen LogP contribution in [0.2, 0.25) is 0 Å². The Morgan fingerprint density at radius 2 is 2.41 bits per heavy atom. The summed E-state index contributed by atoms with van der Waals surface area (Å²) >= 11 is 0. The van der Waals surface area contributed by atoms with Gasteiger partial charge in [-0.2, -0.15) is 5.26 Å². The van der Waals surface area contributed by atoms with Crippen molar-refractivity contribution in [3.05, 3.63) is 24.0 Å². The van der Waals surface area contributed by atoms with Gasteiger partial charge in [0.1, 0.15) is 6.07 Å². The fraction of sp³-hybridized carbons (Fsp3) is 0.538. The molecule has 1 saturated heterocycles. The molecule has 17 heavy (non-hydrogen) atoms. The summed E-state index contributed by atoms with van der Waals surface area (Å²) in [4.78, 5) is 6.30. The maximum absolute atomic E-state index is 9.07. The maximum Gasteiger partial charge on any atom is 0.163 e. The molecule has 1 aromatic rings. The monoisotopic (exact) mass is 231 g/mol. The lowest BCUT2D eigenvalue weighted by molar-refractivity contribution is -0.00467. The molecule has 2 heterocycles. The standard InChI is InChI=1S/C13H17N3O/c1-13(17-2)6-4-8-16(10-13)12-5-3-7-15-11(12)9-14/h3,5,7H,4,6,8,10H2,1-2H3. The first-order valence-electron chi connectivity index (χ1n) is 5.84. The van der Waals surface area contributed by atoms with Crippen molar-refractivity contribution < 1.29 is 4.74 Å². The van der Waals surface area contributed by atoms with Gasteiger partial charge >= 0.3 is 0 Å². The maximum atomic E-state index is 9.07. The average molecular weight is 231 g/mol. The van der Waals surface area contributed by atoms with Gasteiger partial charge in [0.2, 0.25) is 0 Å². The molecule has 0 radical (unpaired) electrons. The van der Waals surface area contributed by atoms with Crippen LogP contribution in [0.25, 0.3) is 0 Å². The van der Waals surface area contributed by atoms with Crippen molar-refractivity contribution >= 4 is 5.69 Å². The van der Waals surface area contributed by atoms with Crippen LogP contribution in [-0.2, 0) is 4.74 Å². The zero-order valence-corrected chi connectivity index (χ0v) is 10.3. The summed E-state index contributed by atoms with van der Waals surface area (Å²) in [5.41, 5.74) is 1.28. The average Bonchev–Trinajstić information content (AvgIpc) is 2.39. The van der Waals surface area contributed by atoms with Crippen LogP contribution in [0, 0.1) is 11.3 Å². The van der Waals surface area contributed by atoms with Gasteiger partial charge in [-0.3, -0.25) is 0 Å². The minimum Gasteiger partial charge on any atom is -0.377 e. The largest absolute Gasteiger partial charge is 0.377 e. The minimum absolute atomic E-state index is 0.124. The molecule has 1 unspecified atom stereocenters. The van der Waals surface area contributed by atoms with Gasteiger partial charge in [0.15, 0.2) is 5.69 Å². The molecule has 0 aliphatic carbocycles. The van der Waals surface area contributed by atoms with E-state index in [1.807, 2.05) is 12.1 Å². The van der Waals surface area contributed by atoms with Gasteiger partial charge in [-0.05, 0) is 31.9 Å². The van der Waals surface area contributed by atoms with Crippen molar-refractivity contribution in [1.82, 2.24) is 4.98 Å². The second-order valence-corrected chi connectivity index (χ2v) is 4.66. The van der Waals surface area contributed by atoms with E-state index < -0.39 is 0 Å². The smallest absolute Gasteiger partial charge is 0.163 e. The SMILES string of the molecule is COC1(C)CCCN(c2cccnc2C#N)C1. The molecule has 0 saturated carbocycles. The number of aromatic nitrogens is 1. The van der Waals surface area contributed by atoms with Crippen molar-refractivity contribution in [2.75, 3.05) is 25.1 Å². The number of nitrogens with zero attached hydrogens (tertiary/aromatic N) is 3. The second-order valence-electron chi connectivity index (χ2n) is 4.66. The molecule has 0 amide bonds. The molecule has 1 aliphatic heterocycles. The fourth-order valence-electron chi connectivity index (χ4n) is 2.32. The number of piperidine rings is 1. The van der Waals surface area contributed by atoms with E-state index in [9.17, 15) is 0 Å². The van der Waals surface area contributed by atoms with Crippen LogP contribution in [-0.4, -0.2) is 30.8 Å².